The molecule has 1 heterocycles. The summed E-state index contributed by atoms with van der Waals surface area (Å²) in [5.41, 5.74) is 5.02. The Bertz CT molecular complexity index is 1100. The largest absolute Gasteiger partial charge is 0.355 e. The molecule has 0 atom stereocenters. The van der Waals surface area contributed by atoms with Gasteiger partial charge in [0.1, 0.15) is 6.54 Å². The van der Waals surface area contributed by atoms with Crippen LogP contribution in [0, 0.1) is 12.8 Å². The van der Waals surface area contributed by atoms with Crippen molar-refractivity contribution in [2.75, 3.05) is 18.4 Å². The lowest BCUT2D eigenvalue weighted by Gasteiger charge is -2.14. The summed E-state index contributed by atoms with van der Waals surface area (Å²) in [6, 6.07) is 12.1. The highest BCUT2D eigenvalue weighted by molar-refractivity contribution is 5.84. The molecule has 0 fully saturated rings. The lowest BCUT2D eigenvalue weighted by Crippen LogP contribution is -2.35. The van der Waals surface area contributed by atoms with E-state index >= 15 is 0 Å². The maximum atomic E-state index is 12.0. The van der Waals surface area contributed by atoms with Crippen molar-refractivity contribution in [3.63, 3.8) is 0 Å². The highest BCUT2D eigenvalue weighted by Crippen LogP contribution is 2.26. The Kier molecular flexibility index (Phi) is 7.07. The van der Waals surface area contributed by atoms with Crippen molar-refractivity contribution >= 4 is 40.7 Å². The van der Waals surface area contributed by atoms with E-state index in [-0.39, 0.29) is 12.5 Å². The van der Waals surface area contributed by atoms with E-state index in [1.807, 2.05) is 75.1 Å². The van der Waals surface area contributed by atoms with Gasteiger partial charge < -0.3 is 15.5 Å². The van der Waals surface area contributed by atoms with E-state index in [0.29, 0.717) is 18.9 Å². The van der Waals surface area contributed by atoms with Crippen molar-refractivity contribution in [1.29, 1.82) is 0 Å². The van der Waals surface area contributed by atoms with Gasteiger partial charge in [-0.15, -0.1) is 0 Å². The summed E-state index contributed by atoms with van der Waals surface area (Å²) in [5, 5.41) is 11.6. The molecule has 162 valence electrons. The molecule has 1 aromatic heterocycles. The Labute approximate surface area is 182 Å². The van der Waals surface area contributed by atoms with Crippen LogP contribution in [0.25, 0.3) is 17.0 Å². The van der Waals surface area contributed by atoms with Crippen molar-refractivity contribution in [3.05, 3.63) is 59.9 Å². The van der Waals surface area contributed by atoms with E-state index in [0.717, 1.165) is 33.4 Å². The SMILES string of the molecule is Cc1c(/C=C\N(C=O)CC(=O)NCC(C)C)cccc1Nc1ccc2c(cnn2C)c1. The zero-order valence-corrected chi connectivity index (χ0v) is 18.4. The van der Waals surface area contributed by atoms with Crippen LogP contribution in [0.4, 0.5) is 11.4 Å². The number of aryl methyl sites for hydroxylation is 1. The summed E-state index contributed by atoms with van der Waals surface area (Å²) in [7, 11) is 1.92. The molecule has 7 heteroatoms. The number of fused-ring (bicyclic) bond motifs is 1. The molecular formula is C24H29N5O2. The third kappa shape index (κ3) is 5.72. The van der Waals surface area contributed by atoms with Gasteiger partial charge in [-0.3, -0.25) is 14.3 Å². The van der Waals surface area contributed by atoms with Gasteiger partial charge in [-0.1, -0.05) is 26.0 Å². The van der Waals surface area contributed by atoms with Crippen LogP contribution in [0.3, 0.4) is 0 Å². The van der Waals surface area contributed by atoms with Gasteiger partial charge in [-0.25, -0.2) is 0 Å². The zero-order valence-electron chi connectivity index (χ0n) is 18.4. The minimum Gasteiger partial charge on any atom is -0.355 e. The lowest BCUT2D eigenvalue weighted by atomic mass is 10.1. The van der Waals surface area contributed by atoms with Gasteiger partial charge in [-0.2, -0.15) is 5.10 Å². The maximum absolute atomic E-state index is 12.0. The Balaban J connectivity index is 1.71. The molecule has 31 heavy (non-hydrogen) atoms. The van der Waals surface area contributed by atoms with E-state index < -0.39 is 0 Å². The Morgan fingerprint density at radius 1 is 1.26 bits per heavy atom. The van der Waals surface area contributed by atoms with Gasteiger partial charge in [0, 0.05) is 36.6 Å². The number of hydrogen-bond acceptors (Lipinski definition) is 4. The van der Waals surface area contributed by atoms with Crippen molar-refractivity contribution in [2.24, 2.45) is 13.0 Å². The number of carbonyl (C=O) groups excluding carboxylic acids is 2. The van der Waals surface area contributed by atoms with E-state index in [1.54, 1.807) is 6.20 Å². The first-order chi connectivity index (χ1) is 14.9. The Morgan fingerprint density at radius 3 is 2.81 bits per heavy atom. The topological polar surface area (TPSA) is 79.3 Å². The average molecular weight is 420 g/mol. The van der Waals surface area contributed by atoms with Gasteiger partial charge in [0.25, 0.3) is 0 Å². The average Bonchev–Trinajstić information content (AvgIpc) is 3.12. The van der Waals surface area contributed by atoms with Crippen LogP contribution in [0.1, 0.15) is 25.0 Å². The fourth-order valence-corrected chi connectivity index (χ4v) is 3.21. The molecule has 2 amide bonds. The summed E-state index contributed by atoms with van der Waals surface area (Å²) < 4.78 is 1.84. The minimum atomic E-state index is -0.177. The second-order valence-corrected chi connectivity index (χ2v) is 7.98. The van der Waals surface area contributed by atoms with Crippen LogP contribution in [-0.4, -0.2) is 40.1 Å². The van der Waals surface area contributed by atoms with Gasteiger partial charge in [0.15, 0.2) is 0 Å². The van der Waals surface area contributed by atoms with Gasteiger partial charge in [0.2, 0.25) is 12.3 Å². The monoisotopic (exact) mass is 419 g/mol. The number of carbonyl (C=O) groups is 2. The minimum absolute atomic E-state index is 0.00513. The first-order valence-corrected chi connectivity index (χ1v) is 10.3. The molecule has 7 nitrogen and oxygen atoms in total. The summed E-state index contributed by atoms with van der Waals surface area (Å²) in [4.78, 5) is 24.7. The molecule has 3 aromatic rings. The molecule has 0 unspecified atom stereocenters. The smallest absolute Gasteiger partial charge is 0.240 e. The fraction of sp³-hybridized carbons (Fsp3) is 0.292. The van der Waals surface area contributed by atoms with Crippen molar-refractivity contribution in [3.8, 4) is 0 Å². The van der Waals surface area contributed by atoms with Crippen molar-refractivity contribution in [1.82, 2.24) is 20.0 Å². The van der Waals surface area contributed by atoms with Crippen molar-refractivity contribution in [2.45, 2.75) is 20.8 Å². The number of hydrogen-bond donors (Lipinski definition) is 2. The first kappa shape index (κ1) is 22.1. The summed E-state index contributed by atoms with van der Waals surface area (Å²) in [6.07, 6.45) is 5.98. The first-order valence-electron chi connectivity index (χ1n) is 10.3. The summed E-state index contributed by atoms with van der Waals surface area (Å²) in [6.45, 7) is 6.65. The predicted molar refractivity (Wildman–Crippen MR) is 125 cm³/mol. The normalized spacial score (nSPS) is 11.3. The molecule has 0 spiro atoms. The number of aromatic nitrogens is 2. The van der Waals surface area contributed by atoms with Crippen LogP contribution in [0.2, 0.25) is 0 Å². The fourth-order valence-electron chi connectivity index (χ4n) is 3.21. The molecule has 0 aliphatic heterocycles. The molecule has 0 radical (unpaired) electrons. The third-order valence-corrected chi connectivity index (χ3v) is 5.02. The Hall–Kier alpha value is -3.61. The second kappa shape index (κ2) is 9.93. The van der Waals surface area contributed by atoms with Crippen molar-refractivity contribution < 1.29 is 9.59 Å². The van der Waals surface area contributed by atoms with E-state index in [9.17, 15) is 9.59 Å². The summed E-state index contributed by atoms with van der Waals surface area (Å²) in [5.74, 6) is 0.185. The molecule has 0 aliphatic rings. The standard InChI is InChI=1S/C24H29N5O2/c1-17(2)13-25-24(31)15-29(16-30)11-10-19-6-5-7-22(18(19)3)27-21-8-9-23-20(12-21)14-26-28(23)4/h5-12,14,16-17,27H,13,15H2,1-4H3,(H,25,31)/b11-10-. The number of anilines is 2. The van der Waals surface area contributed by atoms with Gasteiger partial charge in [-0.05, 0) is 54.3 Å². The van der Waals surface area contributed by atoms with Crippen LogP contribution in [0.5, 0.6) is 0 Å². The lowest BCUT2D eigenvalue weighted by molar-refractivity contribution is -0.126. The summed E-state index contributed by atoms with van der Waals surface area (Å²) >= 11 is 0. The number of nitrogens with one attached hydrogen (secondary N) is 2. The molecule has 0 saturated carbocycles. The zero-order chi connectivity index (χ0) is 22.4. The van der Waals surface area contributed by atoms with E-state index in [4.69, 9.17) is 0 Å². The van der Waals surface area contributed by atoms with E-state index in [2.05, 4.69) is 21.8 Å². The molecule has 0 bridgehead atoms. The molecule has 2 aromatic carbocycles. The third-order valence-electron chi connectivity index (χ3n) is 5.02. The molecule has 0 aliphatic carbocycles. The van der Waals surface area contributed by atoms with E-state index in [1.165, 1.54) is 4.90 Å². The number of nitrogens with zero attached hydrogens (tertiary/aromatic N) is 3. The Morgan fingerprint density at radius 2 is 2.06 bits per heavy atom. The molecule has 0 saturated heterocycles. The highest BCUT2D eigenvalue weighted by atomic mass is 16.2. The second-order valence-electron chi connectivity index (χ2n) is 7.98. The highest BCUT2D eigenvalue weighted by Gasteiger charge is 2.08. The molecular weight excluding hydrogens is 390 g/mol. The van der Waals surface area contributed by atoms with Crippen LogP contribution in [0.15, 0.2) is 48.8 Å². The van der Waals surface area contributed by atoms with Crippen LogP contribution < -0.4 is 10.6 Å². The van der Waals surface area contributed by atoms with Gasteiger partial charge in [0.05, 0.1) is 11.7 Å². The molecule has 2 N–H and O–H groups in total. The van der Waals surface area contributed by atoms with Crippen LogP contribution in [-0.2, 0) is 16.6 Å². The maximum Gasteiger partial charge on any atom is 0.240 e. The molecule has 3 rings (SSSR count). The number of rotatable bonds is 9. The van der Waals surface area contributed by atoms with Crippen LogP contribution >= 0.6 is 0 Å². The predicted octanol–water partition coefficient (Wildman–Crippen LogP) is 3.83. The number of amides is 2. The quantitative estimate of drug-likeness (QED) is 0.517. The number of benzene rings is 2. The van der Waals surface area contributed by atoms with Gasteiger partial charge >= 0.3 is 0 Å².